The normalized spacial score (nSPS) is 17.7. The van der Waals surface area contributed by atoms with Crippen molar-refractivity contribution in [1.82, 2.24) is 15.0 Å². The highest BCUT2D eigenvalue weighted by molar-refractivity contribution is 5.95. The number of likely N-dealkylation sites (tertiary alicyclic amines) is 1. The third-order valence-corrected chi connectivity index (χ3v) is 5.64. The molecule has 1 aliphatic carbocycles. The van der Waals surface area contributed by atoms with Crippen molar-refractivity contribution in [3.05, 3.63) is 41.5 Å². The molecule has 0 spiro atoms. The van der Waals surface area contributed by atoms with Gasteiger partial charge in [0.1, 0.15) is 5.75 Å². The van der Waals surface area contributed by atoms with Crippen LogP contribution in [0.25, 0.3) is 0 Å². The van der Waals surface area contributed by atoms with Crippen LogP contribution < -0.4 is 4.74 Å². The number of aromatic nitrogens is 2. The minimum absolute atomic E-state index is 0.0129. The fourth-order valence-electron chi connectivity index (χ4n) is 3.84. The molecule has 1 aliphatic heterocycles. The van der Waals surface area contributed by atoms with Gasteiger partial charge in [-0.3, -0.25) is 4.79 Å². The zero-order valence-corrected chi connectivity index (χ0v) is 16.3. The van der Waals surface area contributed by atoms with Crippen LogP contribution in [0.15, 0.2) is 28.8 Å². The molecule has 0 bridgehead atoms. The summed E-state index contributed by atoms with van der Waals surface area (Å²) >= 11 is 0. The first kappa shape index (κ1) is 18.9. The molecule has 0 radical (unpaired) electrons. The molecular weight excluding hydrogens is 358 g/mol. The highest BCUT2D eigenvalue weighted by Crippen LogP contribution is 2.28. The number of amides is 1. The Kier molecular flexibility index (Phi) is 5.90. The first-order chi connectivity index (χ1) is 13.7. The summed E-state index contributed by atoms with van der Waals surface area (Å²) in [5.74, 6) is 2.89. The number of hydrogen-bond acceptors (Lipinski definition) is 6. The monoisotopic (exact) mass is 385 g/mol. The van der Waals surface area contributed by atoms with Crippen LogP contribution in [0.4, 0.5) is 0 Å². The summed E-state index contributed by atoms with van der Waals surface area (Å²) in [5, 5.41) is 4.05. The second kappa shape index (κ2) is 8.73. The molecule has 150 valence electrons. The summed E-state index contributed by atoms with van der Waals surface area (Å²) in [6.45, 7) is 2.67. The van der Waals surface area contributed by atoms with E-state index in [2.05, 4.69) is 10.1 Å². The van der Waals surface area contributed by atoms with Gasteiger partial charge in [0.05, 0.1) is 19.6 Å². The molecule has 1 amide bonds. The van der Waals surface area contributed by atoms with Crippen molar-refractivity contribution in [3.8, 4) is 5.75 Å². The van der Waals surface area contributed by atoms with Crippen LogP contribution in [-0.4, -0.2) is 54.4 Å². The van der Waals surface area contributed by atoms with Gasteiger partial charge in [-0.2, -0.15) is 4.98 Å². The van der Waals surface area contributed by atoms with Crippen LogP contribution in [0.5, 0.6) is 5.75 Å². The predicted octanol–water partition coefficient (Wildman–Crippen LogP) is 3.07. The number of carbonyl (C=O) groups excluding carboxylic acids is 1. The molecule has 2 fully saturated rings. The summed E-state index contributed by atoms with van der Waals surface area (Å²) in [7, 11) is 1.61. The molecule has 1 saturated heterocycles. The quantitative estimate of drug-likeness (QED) is 0.650. The molecule has 0 N–H and O–H groups in total. The third kappa shape index (κ3) is 4.35. The molecule has 28 heavy (non-hydrogen) atoms. The Hall–Kier alpha value is -2.41. The Morgan fingerprint density at radius 3 is 2.68 bits per heavy atom. The minimum Gasteiger partial charge on any atom is -0.497 e. The average molecular weight is 385 g/mol. The summed E-state index contributed by atoms with van der Waals surface area (Å²) in [4.78, 5) is 18.8. The molecule has 0 atom stereocenters. The van der Waals surface area contributed by atoms with E-state index in [1.807, 2.05) is 0 Å². The number of carbonyl (C=O) groups is 1. The van der Waals surface area contributed by atoms with E-state index >= 15 is 0 Å². The van der Waals surface area contributed by atoms with E-state index in [0.29, 0.717) is 43.4 Å². The molecule has 2 heterocycles. The lowest BCUT2D eigenvalue weighted by Gasteiger charge is -2.37. The van der Waals surface area contributed by atoms with Gasteiger partial charge in [0, 0.05) is 31.7 Å². The Morgan fingerprint density at radius 1 is 1.21 bits per heavy atom. The van der Waals surface area contributed by atoms with Gasteiger partial charge in [-0.15, -0.1) is 0 Å². The fourth-order valence-corrected chi connectivity index (χ4v) is 3.84. The highest BCUT2D eigenvalue weighted by Gasteiger charge is 2.36. The topological polar surface area (TPSA) is 77.7 Å². The third-order valence-electron chi connectivity index (χ3n) is 5.64. The van der Waals surface area contributed by atoms with E-state index in [1.165, 1.54) is 25.7 Å². The number of rotatable bonds is 8. The smallest absolute Gasteiger partial charge is 0.253 e. The van der Waals surface area contributed by atoms with E-state index in [0.717, 1.165) is 18.3 Å². The number of benzene rings is 1. The summed E-state index contributed by atoms with van der Waals surface area (Å²) < 4.78 is 16.3. The van der Waals surface area contributed by atoms with Crippen molar-refractivity contribution in [2.75, 3.05) is 33.4 Å². The van der Waals surface area contributed by atoms with Gasteiger partial charge in [-0.1, -0.05) is 18.0 Å². The maximum atomic E-state index is 12.5. The van der Waals surface area contributed by atoms with Gasteiger partial charge in [0.15, 0.2) is 5.82 Å². The Bertz CT molecular complexity index is 777. The van der Waals surface area contributed by atoms with E-state index in [9.17, 15) is 4.79 Å². The van der Waals surface area contributed by atoms with Gasteiger partial charge < -0.3 is 18.9 Å². The molecule has 1 saturated carbocycles. The number of nitrogens with zero attached hydrogens (tertiary/aromatic N) is 3. The van der Waals surface area contributed by atoms with Crippen molar-refractivity contribution in [2.24, 2.45) is 5.92 Å². The van der Waals surface area contributed by atoms with Gasteiger partial charge in [0.2, 0.25) is 5.89 Å². The molecular formula is C21H27N3O4. The van der Waals surface area contributed by atoms with Gasteiger partial charge >= 0.3 is 0 Å². The van der Waals surface area contributed by atoms with Gasteiger partial charge in [-0.05, 0) is 43.0 Å². The second-order valence-electron chi connectivity index (χ2n) is 7.66. The summed E-state index contributed by atoms with van der Waals surface area (Å²) in [6.07, 6.45) is 5.92. The lowest BCUT2D eigenvalue weighted by molar-refractivity contribution is 0.0569. The van der Waals surface area contributed by atoms with E-state index < -0.39 is 0 Å². The SMILES string of the molecule is COc1ccc(C(=O)N2CC(c3nc(CCOCC4CCCC4)no3)C2)cc1. The van der Waals surface area contributed by atoms with Crippen LogP contribution in [-0.2, 0) is 11.2 Å². The largest absolute Gasteiger partial charge is 0.497 e. The predicted molar refractivity (Wildman–Crippen MR) is 102 cm³/mol. The van der Waals surface area contributed by atoms with Crippen molar-refractivity contribution in [1.29, 1.82) is 0 Å². The van der Waals surface area contributed by atoms with Crippen LogP contribution in [0.1, 0.15) is 53.7 Å². The minimum atomic E-state index is 0.0129. The lowest BCUT2D eigenvalue weighted by Crippen LogP contribution is -2.48. The maximum Gasteiger partial charge on any atom is 0.253 e. The maximum absolute atomic E-state index is 12.5. The lowest BCUT2D eigenvalue weighted by atomic mass is 9.98. The Morgan fingerprint density at radius 2 is 1.96 bits per heavy atom. The highest BCUT2D eigenvalue weighted by atomic mass is 16.5. The molecule has 4 rings (SSSR count). The summed E-state index contributed by atoms with van der Waals surface area (Å²) in [6, 6.07) is 7.16. The average Bonchev–Trinajstić information content (AvgIpc) is 3.36. The van der Waals surface area contributed by atoms with Crippen molar-refractivity contribution in [2.45, 2.75) is 38.0 Å². The van der Waals surface area contributed by atoms with E-state index in [-0.39, 0.29) is 11.8 Å². The van der Waals surface area contributed by atoms with Crippen molar-refractivity contribution < 1.29 is 18.8 Å². The molecule has 7 nitrogen and oxygen atoms in total. The zero-order chi connectivity index (χ0) is 19.3. The standard InChI is InChI=1S/C21H27N3O4/c1-26-18-8-6-16(7-9-18)21(25)24-12-17(13-24)20-22-19(23-28-20)10-11-27-14-15-4-2-3-5-15/h6-9,15,17H,2-5,10-14H2,1H3. The van der Waals surface area contributed by atoms with Gasteiger partial charge in [0.25, 0.3) is 5.91 Å². The van der Waals surface area contributed by atoms with Gasteiger partial charge in [-0.25, -0.2) is 0 Å². The van der Waals surface area contributed by atoms with E-state index in [4.69, 9.17) is 14.0 Å². The van der Waals surface area contributed by atoms with Crippen LogP contribution in [0.3, 0.4) is 0 Å². The summed E-state index contributed by atoms with van der Waals surface area (Å²) in [5.41, 5.74) is 0.657. The number of ether oxygens (including phenoxy) is 2. The van der Waals surface area contributed by atoms with Crippen LogP contribution >= 0.6 is 0 Å². The first-order valence-corrected chi connectivity index (χ1v) is 10.1. The number of methoxy groups -OCH3 is 1. The Labute approximate surface area is 165 Å². The molecule has 2 aromatic rings. The Balaban J connectivity index is 1.20. The molecule has 2 aliphatic rings. The molecule has 7 heteroatoms. The second-order valence-corrected chi connectivity index (χ2v) is 7.66. The first-order valence-electron chi connectivity index (χ1n) is 10.1. The van der Waals surface area contributed by atoms with E-state index in [1.54, 1.807) is 36.3 Å². The molecule has 1 aromatic carbocycles. The van der Waals surface area contributed by atoms with Crippen LogP contribution in [0.2, 0.25) is 0 Å². The number of hydrogen-bond donors (Lipinski definition) is 0. The molecule has 0 unspecified atom stereocenters. The van der Waals surface area contributed by atoms with Crippen molar-refractivity contribution >= 4 is 5.91 Å². The zero-order valence-electron chi connectivity index (χ0n) is 16.3. The van der Waals surface area contributed by atoms with Crippen LogP contribution in [0, 0.1) is 5.92 Å². The van der Waals surface area contributed by atoms with Crippen molar-refractivity contribution in [3.63, 3.8) is 0 Å². The molecule has 1 aromatic heterocycles. The fraction of sp³-hybridized carbons (Fsp3) is 0.571.